The summed E-state index contributed by atoms with van der Waals surface area (Å²) in [6.45, 7) is 2.87. The van der Waals surface area contributed by atoms with Crippen LogP contribution in [0.25, 0.3) is 21.8 Å². The summed E-state index contributed by atoms with van der Waals surface area (Å²) in [6, 6.07) is 18.1. The van der Waals surface area contributed by atoms with Crippen LogP contribution < -0.4 is 0 Å². The van der Waals surface area contributed by atoms with E-state index in [1.807, 2.05) is 35.4 Å². The Morgan fingerprint density at radius 2 is 1.85 bits per heavy atom. The van der Waals surface area contributed by atoms with Gasteiger partial charge in [0.15, 0.2) is 0 Å². The number of pyridine rings is 1. The van der Waals surface area contributed by atoms with E-state index in [2.05, 4.69) is 28.8 Å². The number of benzene rings is 2. The molecule has 2 aromatic carbocycles. The Bertz CT molecular complexity index is 1620. The average Bonchev–Trinajstić information content (AvgIpc) is 3.27. The highest BCUT2D eigenvalue weighted by molar-refractivity contribution is 6.33. The number of carbonyl (C=O) groups excluding carboxylic acids is 2. The van der Waals surface area contributed by atoms with Crippen LogP contribution in [0.4, 0.5) is 0 Å². The van der Waals surface area contributed by atoms with Crippen molar-refractivity contribution in [1.29, 1.82) is 5.26 Å². The first-order valence-electron chi connectivity index (χ1n) is 13.9. The Balaban J connectivity index is 1.44. The Hall–Kier alpha value is -3.60. The Kier molecular flexibility index (Phi) is 9.12. The molecule has 0 aliphatic heterocycles. The summed E-state index contributed by atoms with van der Waals surface area (Å²) < 4.78 is 7.24. The first kappa shape index (κ1) is 28.9. The number of esters is 1. The second-order valence-electron chi connectivity index (χ2n) is 10.7. The molecule has 2 aromatic heterocycles. The van der Waals surface area contributed by atoms with Crippen LogP contribution in [0.5, 0.6) is 0 Å². The number of nitriles is 1. The van der Waals surface area contributed by atoms with Gasteiger partial charge in [0.25, 0.3) is 0 Å². The molecule has 1 fully saturated rings. The minimum absolute atomic E-state index is 0.0534. The molecule has 0 spiro atoms. The van der Waals surface area contributed by atoms with Crippen molar-refractivity contribution in [1.82, 2.24) is 14.5 Å². The predicted molar refractivity (Wildman–Crippen MR) is 161 cm³/mol. The van der Waals surface area contributed by atoms with Gasteiger partial charge >= 0.3 is 5.97 Å². The van der Waals surface area contributed by atoms with Crippen molar-refractivity contribution in [3.8, 4) is 6.07 Å². The Morgan fingerprint density at radius 3 is 2.61 bits per heavy atom. The maximum absolute atomic E-state index is 13.3. The molecule has 1 aliphatic rings. The van der Waals surface area contributed by atoms with E-state index in [1.54, 1.807) is 6.07 Å². The largest absolute Gasteiger partial charge is 0.465 e. The minimum atomic E-state index is -0.401. The highest BCUT2D eigenvalue weighted by Gasteiger charge is 2.25. The molecule has 9 heteroatoms. The fourth-order valence-corrected chi connectivity index (χ4v) is 6.13. The molecule has 0 bridgehead atoms. The van der Waals surface area contributed by atoms with Crippen molar-refractivity contribution in [3.05, 3.63) is 76.0 Å². The third-order valence-electron chi connectivity index (χ3n) is 7.89. The van der Waals surface area contributed by atoms with Gasteiger partial charge in [-0.2, -0.15) is 5.26 Å². The number of hydrogen-bond donors (Lipinski definition) is 0. The van der Waals surface area contributed by atoms with E-state index < -0.39 is 5.97 Å². The number of carbonyl (C=O) groups is 2. The summed E-state index contributed by atoms with van der Waals surface area (Å²) in [5, 5.41) is 12.7. The monoisotopic (exact) mass is 590 g/mol. The fraction of sp³-hybridized carbons (Fsp3) is 0.375. The summed E-state index contributed by atoms with van der Waals surface area (Å²) in [7, 11) is 0. The number of ether oxygens (including phenoxy) is 1. The van der Waals surface area contributed by atoms with Gasteiger partial charge in [-0.05, 0) is 67.5 Å². The van der Waals surface area contributed by atoms with Crippen molar-refractivity contribution in [2.45, 2.75) is 52.1 Å². The summed E-state index contributed by atoms with van der Waals surface area (Å²) >= 11 is 12.8. The number of aromatic nitrogens is 2. The van der Waals surface area contributed by atoms with E-state index in [-0.39, 0.29) is 24.9 Å². The van der Waals surface area contributed by atoms with Gasteiger partial charge in [-0.1, -0.05) is 41.4 Å². The lowest BCUT2D eigenvalue weighted by molar-refractivity contribution is -0.143. The zero-order valence-corrected chi connectivity index (χ0v) is 24.5. The van der Waals surface area contributed by atoms with Gasteiger partial charge < -0.3 is 14.2 Å². The molecule has 4 aromatic rings. The zero-order valence-electron chi connectivity index (χ0n) is 23.0. The molecule has 1 aliphatic carbocycles. The normalized spacial score (nSPS) is 16.9. The molecular formula is C32H32Cl2N4O3. The van der Waals surface area contributed by atoms with E-state index in [0.717, 1.165) is 58.7 Å². The smallest absolute Gasteiger partial charge is 0.302 e. The molecule has 7 nitrogen and oxygen atoms in total. The van der Waals surface area contributed by atoms with Gasteiger partial charge in [0.1, 0.15) is 6.61 Å². The van der Waals surface area contributed by atoms with Crippen LogP contribution in [0.15, 0.2) is 54.7 Å². The van der Waals surface area contributed by atoms with E-state index in [1.165, 1.54) is 6.92 Å². The summed E-state index contributed by atoms with van der Waals surface area (Å²) in [4.78, 5) is 31.2. The predicted octanol–water partition coefficient (Wildman–Crippen LogP) is 7.16. The number of para-hydroxylation sites is 1. The van der Waals surface area contributed by atoms with Crippen LogP contribution in [0.3, 0.4) is 0 Å². The number of amides is 1. The molecule has 212 valence electrons. The Morgan fingerprint density at radius 1 is 1.07 bits per heavy atom. The number of fused-ring (bicyclic) bond motifs is 3. The van der Waals surface area contributed by atoms with Crippen molar-refractivity contribution in [3.63, 3.8) is 0 Å². The van der Waals surface area contributed by atoms with Gasteiger partial charge in [0, 0.05) is 52.3 Å². The van der Waals surface area contributed by atoms with Crippen LogP contribution in [-0.4, -0.2) is 39.5 Å². The number of rotatable bonds is 9. The molecule has 0 unspecified atom stereocenters. The zero-order chi connectivity index (χ0) is 28.9. The first-order chi connectivity index (χ1) is 19.8. The number of hydrogen-bond acceptors (Lipinski definition) is 5. The number of nitrogens with zero attached hydrogens (tertiary/aromatic N) is 4. The van der Waals surface area contributed by atoms with Gasteiger partial charge in [0.05, 0.1) is 36.4 Å². The second kappa shape index (κ2) is 12.9. The van der Waals surface area contributed by atoms with Gasteiger partial charge in [-0.15, -0.1) is 0 Å². The van der Waals surface area contributed by atoms with E-state index in [0.29, 0.717) is 35.6 Å². The van der Waals surface area contributed by atoms with Crippen molar-refractivity contribution in [2.75, 3.05) is 13.2 Å². The lowest BCUT2D eigenvalue weighted by Crippen LogP contribution is -2.37. The SMILES string of the molecule is CC(=O)OCCC(=O)N(Cc1cc2c3ccccc3n(Cc3cc(Cl)ccc3Cl)c2cn1)CC1CCC(C#N)CC1. The van der Waals surface area contributed by atoms with Crippen molar-refractivity contribution >= 4 is 56.9 Å². The molecule has 41 heavy (non-hydrogen) atoms. The molecule has 0 radical (unpaired) electrons. The van der Waals surface area contributed by atoms with Gasteiger partial charge in [0.2, 0.25) is 5.91 Å². The second-order valence-corrected chi connectivity index (χ2v) is 11.6. The summed E-state index contributed by atoms with van der Waals surface area (Å²) in [6.07, 6.45) is 5.53. The minimum Gasteiger partial charge on any atom is -0.465 e. The van der Waals surface area contributed by atoms with E-state index >= 15 is 0 Å². The molecule has 5 rings (SSSR count). The molecule has 2 heterocycles. The van der Waals surface area contributed by atoms with E-state index in [4.69, 9.17) is 32.9 Å². The highest BCUT2D eigenvalue weighted by Crippen LogP contribution is 2.33. The lowest BCUT2D eigenvalue weighted by atomic mass is 9.82. The number of halogens is 2. The van der Waals surface area contributed by atoms with Crippen molar-refractivity contribution < 1.29 is 14.3 Å². The van der Waals surface area contributed by atoms with Crippen molar-refractivity contribution in [2.24, 2.45) is 11.8 Å². The summed E-state index contributed by atoms with van der Waals surface area (Å²) in [5.41, 5.74) is 3.73. The standard InChI is InChI=1S/C32H32Cl2N4O3/c1-21(39)41-13-12-32(40)37(18-23-8-6-22(16-35)7-9-23)20-26-15-28-27-4-2-3-5-30(27)38(31(28)17-36-26)19-24-14-25(33)10-11-29(24)34/h2-5,10-11,14-15,17,22-23H,6-9,12-13,18-20H2,1H3. The molecule has 1 saturated carbocycles. The highest BCUT2D eigenvalue weighted by atomic mass is 35.5. The van der Waals surface area contributed by atoms with Crippen LogP contribution in [0.2, 0.25) is 10.0 Å². The van der Waals surface area contributed by atoms with Gasteiger partial charge in [-0.3, -0.25) is 14.6 Å². The average molecular weight is 592 g/mol. The maximum Gasteiger partial charge on any atom is 0.302 e. The topological polar surface area (TPSA) is 88.2 Å². The quantitative estimate of drug-likeness (QED) is 0.193. The fourth-order valence-electron chi connectivity index (χ4n) is 5.76. The summed E-state index contributed by atoms with van der Waals surface area (Å²) in [5.74, 6) is -0.0526. The molecular weight excluding hydrogens is 559 g/mol. The third-order valence-corrected chi connectivity index (χ3v) is 8.49. The van der Waals surface area contributed by atoms with Crippen LogP contribution in [-0.2, 0) is 27.4 Å². The lowest BCUT2D eigenvalue weighted by Gasteiger charge is -2.31. The molecule has 0 atom stereocenters. The molecule has 1 amide bonds. The van der Waals surface area contributed by atoms with Crippen LogP contribution in [0.1, 0.15) is 50.3 Å². The third kappa shape index (κ3) is 6.83. The first-order valence-corrected chi connectivity index (χ1v) is 14.7. The molecule has 0 N–H and O–H groups in total. The van der Waals surface area contributed by atoms with Gasteiger partial charge in [-0.25, -0.2) is 0 Å². The maximum atomic E-state index is 13.3. The van der Waals surface area contributed by atoms with Crippen LogP contribution >= 0.6 is 23.2 Å². The van der Waals surface area contributed by atoms with E-state index in [9.17, 15) is 14.9 Å². The van der Waals surface area contributed by atoms with Crippen LogP contribution in [0, 0.1) is 23.2 Å². The Labute approximate surface area is 249 Å². The molecule has 0 saturated heterocycles.